The Bertz CT molecular complexity index is 1120. The molecular formula is C23H23NO4S. The molecule has 1 N–H and O–H groups in total. The van der Waals surface area contributed by atoms with Gasteiger partial charge in [0.05, 0.1) is 10.6 Å². The van der Waals surface area contributed by atoms with Gasteiger partial charge in [0, 0.05) is 0 Å². The van der Waals surface area contributed by atoms with Gasteiger partial charge in [-0.05, 0) is 74.7 Å². The fourth-order valence-corrected chi connectivity index (χ4v) is 4.38. The highest BCUT2D eigenvalue weighted by Gasteiger charge is 2.28. The highest BCUT2D eigenvalue weighted by molar-refractivity contribution is 7.92. The standard InChI is InChI=1S/C23H23NO4S/c1-23(2)15-14-17-16-19(12-13-21(17)28-23)29(25,26)24-20-10-6-7-11-22(20)27-18-8-4-3-5-9-18/h3-13,16,24H,14-15H2,1-2H3. The highest BCUT2D eigenvalue weighted by Crippen LogP contribution is 2.35. The summed E-state index contributed by atoms with van der Waals surface area (Å²) < 4.78 is 40.5. The molecule has 0 aromatic heterocycles. The Morgan fingerprint density at radius 2 is 1.69 bits per heavy atom. The Labute approximate surface area is 171 Å². The second kappa shape index (κ2) is 7.44. The summed E-state index contributed by atoms with van der Waals surface area (Å²) in [5, 5.41) is 0. The van der Waals surface area contributed by atoms with Gasteiger partial charge in [-0.2, -0.15) is 0 Å². The molecule has 0 bridgehead atoms. The van der Waals surface area contributed by atoms with Crippen LogP contribution in [0.25, 0.3) is 0 Å². The molecule has 0 spiro atoms. The van der Waals surface area contributed by atoms with E-state index in [0.717, 1.165) is 24.2 Å². The lowest BCUT2D eigenvalue weighted by Crippen LogP contribution is -2.32. The van der Waals surface area contributed by atoms with Gasteiger partial charge in [0.2, 0.25) is 0 Å². The van der Waals surface area contributed by atoms with Crippen LogP contribution in [0, 0.1) is 0 Å². The number of anilines is 1. The van der Waals surface area contributed by atoms with E-state index in [2.05, 4.69) is 4.72 Å². The average molecular weight is 410 g/mol. The van der Waals surface area contributed by atoms with Crippen LogP contribution in [0.4, 0.5) is 5.69 Å². The van der Waals surface area contributed by atoms with Crippen molar-refractivity contribution in [2.45, 2.75) is 37.2 Å². The zero-order valence-corrected chi connectivity index (χ0v) is 17.2. The van der Waals surface area contributed by atoms with Crippen LogP contribution in [-0.4, -0.2) is 14.0 Å². The van der Waals surface area contributed by atoms with E-state index in [1.54, 1.807) is 42.5 Å². The van der Waals surface area contributed by atoms with E-state index in [-0.39, 0.29) is 10.5 Å². The number of para-hydroxylation sites is 3. The number of hydrogen-bond acceptors (Lipinski definition) is 4. The minimum absolute atomic E-state index is 0.203. The van der Waals surface area contributed by atoms with Crippen LogP contribution in [0.2, 0.25) is 0 Å². The molecule has 6 heteroatoms. The van der Waals surface area contributed by atoms with E-state index in [0.29, 0.717) is 17.2 Å². The van der Waals surface area contributed by atoms with Crippen LogP contribution in [0.15, 0.2) is 77.7 Å². The molecule has 0 aliphatic carbocycles. The third-order valence-electron chi connectivity index (χ3n) is 4.83. The van der Waals surface area contributed by atoms with E-state index in [9.17, 15) is 8.42 Å². The maximum atomic E-state index is 13.0. The summed E-state index contributed by atoms with van der Waals surface area (Å²) in [5.74, 6) is 1.81. The van der Waals surface area contributed by atoms with Gasteiger partial charge in [0.15, 0.2) is 5.75 Å². The molecule has 1 aliphatic rings. The van der Waals surface area contributed by atoms with Crippen molar-refractivity contribution in [3.63, 3.8) is 0 Å². The number of sulfonamides is 1. The number of nitrogens with one attached hydrogen (secondary N) is 1. The largest absolute Gasteiger partial charge is 0.488 e. The normalized spacial score (nSPS) is 15.1. The van der Waals surface area contributed by atoms with E-state index >= 15 is 0 Å². The number of rotatable bonds is 5. The Morgan fingerprint density at radius 3 is 2.48 bits per heavy atom. The number of fused-ring (bicyclic) bond motifs is 1. The van der Waals surface area contributed by atoms with Gasteiger partial charge in [-0.25, -0.2) is 8.42 Å². The average Bonchev–Trinajstić information content (AvgIpc) is 2.69. The van der Waals surface area contributed by atoms with Crippen molar-refractivity contribution in [1.29, 1.82) is 0 Å². The van der Waals surface area contributed by atoms with Crippen LogP contribution in [0.1, 0.15) is 25.8 Å². The van der Waals surface area contributed by atoms with Crippen LogP contribution < -0.4 is 14.2 Å². The molecule has 29 heavy (non-hydrogen) atoms. The monoisotopic (exact) mass is 409 g/mol. The van der Waals surface area contributed by atoms with Crippen molar-refractivity contribution in [3.05, 3.63) is 78.4 Å². The Balaban J connectivity index is 1.60. The van der Waals surface area contributed by atoms with Gasteiger partial charge >= 0.3 is 0 Å². The molecule has 3 aromatic carbocycles. The number of benzene rings is 3. The van der Waals surface area contributed by atoms with Gasteiger partial charge in [0.1, 0.15) is 17.1 Å². The number of ether oxygens (including phenoxy) is 2. The summed E-state index contributed by atoms with van der Waals surface area (Å²) in [6.45, 7) is 4.07. The topological polar surface area (TPSA) is 64.6 Å². The molecule has 0 fully saturated rings. The molecule has 0 saturated carbocycles. The van der Waals surface area contributed by atoms with Crippen LogP contribution in [-0.2, 0) is 16.4 Å². The maximum Gasteiger partial charge on any atom is 0.262 e. The summed E-state index contributed by atoms with van der Waals surface area (Å²) >= 11 is 0. The van der Waals surface area contributed by atoms with Crippen LogP contribution in [0.3, 0.4) is 0 Å². The van der Waals surface area contributed by atoms with Crippen molar-refractivity contribution >= 4 is 15.7 Å². The van der Waals surface area contributed by atoms with Crippen molar-refractivity contribution < 1.29 is 17.9 Å². The predicted molar refractivity (Wildman–Crippen MR) is 113 cm³/mol. The minimum Gasteiger partial charge on any atom is -0.488 e. The summed E-state index contributed by atoms with van der Waals surface area (Å²) in [6.07, 6.45) is 1.62. The lowest BCUT2D eigenvalue weighted by molar-refractivity contribution is 0.0845. The summed E-state index contributed by atoms with van der Waals surface area (Å²) in [7, 11) is -3.78. The quantitative estimate of drug-likeness (QED) is 0.614. The van der Waals surface area contributed by atoms with Crippen molar-refractivity contribution in [2.24, 2.45) is 0 Å². The van der Waals surface area contributed by atoms with Gasteiger partial charge in [-0.15, -0.1) is 0 Å². The SMILES string of the molecule is CC1(C)CCc2cc(S(=O)(=O)Nc3ccccc3Oc3ccccc3)ccc2O1. The molecular weight excluding hydrogens is 386 g/mol. The number of hydrogen-bond donors (Lipinski definition) is 1. The maximum absolute atomic E-state index is 13.0. The van der Waals surface area contributed by atoms with Gasteiger partial charge < -0.3 is 9.47 Å². The zero-order chi connectivity index (χ0) is 20.5. The summed E-state index contributed by atoms with van der Waals surface area (Å²) in [4.78, 5) is 0.203. The van der Waals surface area contributed by atoms with E-state index < -0.39 is 10.0 Å². The summed E-state index contributed by atoms with van der Waals surface area (Å²) in [6, 6.07) is 21.2. The predicted octanol–water partition coefficient (Wildman–Crippen LogP) is 5.38. The zero-order valence-electron chi connectivity index (χ0n) is 16.4. The smallest absolute Gasteiger partial charge is 0.262 e. The first-order valence-electron chi connectivity index (χ1n) is 9.49. The molecule has 150 valence electrons. The molecule has 1 heterocycles. The van der Waals surface area contributed by atoms with Gasteiger partial charge in [0.25, 0.3) is 10.0 Å². The molecule has 0 unspecified atom stereocenters. The first kappa shape index (κ1) is 19.3. The second-order valence-electron chi connectivity index (χ2n) is 7.65. The van der Waals surface area contributed by atoms with Crippen LogP contribution in [0.5, 0.6) is 17.2 Å². The Hall–Kier alpha value is -2.99. The number of aryl methyl sites for hydroxylation is 1. The molecule has 4 rings (SSSR count). The molecule has 0 amide bonds. The first-order valence-corrected chi connectivity index (χ1v) is 11.0. The van der Waals surface area contributed by atoms with Gasteiger partial charge in [-0.3, -0.25) is 4.72 Å². The molecule has 0 atom stereocenters. The third-order valence-corrected chi connectivity index (χ3v) is 6.19. The third kappa shape index (κ3) is 4.38. The van der Waals surface area contributed by atoms with E-state index in [4.69, 9.17) is 9.47 Å². The molecule has 5 nitrogen and oxygen atoms in total. The molecule has 0 saturated heterocycles. The van der Waals surface area contributed by atoms with Crippen molar-refractivity contribution in [3.8, 4) is 17.2 Å². The summed E-state index contributed by atoms with van der Waals surface area (Å²) in [5.41, 5.74) is 1.05. The molecule has 0 radical (unpaired) electrons. The highest BCUT2D eigenvalue weighted by atomic mass is 32.2. The Kier molecular flexibility index (Phi) is 4.96. The molecule has 1 aliphatic heterocycles. The van der Waals surface area contributed by atoms with Crippen molar-refractivity contribution in [1.82, 2.24) is 0 Å². The van der Waals surface area contributed by atoms with Crippen LogP contribution >= 0.6 is 0 Å². The lowest BCUT2D eigenvalue weighted by Gasteiger charge is -2.32. The van der Waals surface area contributed by atoms with E-state index in [1.807, 2.05) is 44.2 Å². The fourth-order valence-electron chi connectivity index (χ4n) is 3.26. The Morgan fingerprint density at radius 1 is 0.966 bits per heavy atom. The fraction of sp³-hybridized carbons (Fsp3) is 0.217. The first-order chi connectivity index (χ1) is 13.8. The minimum atomic E-state index is -3.78. The van der Waals surface area contributed by atoms with Crippen molar-refractivity contribution in [2.75, 3.05) is 4.72 Å². The van der Waals surface area contributed by atoms with E-state index in [1.165, 1.54) is 0 Å². The van der Waals surface area contributed by atoms with Gasteiger partial charge in [-0.1, -0.05) is 30.3 Å². The second-order valence-corrected chi connectivity index (χ2v) is 9.33. The lowest BCUT2D eigenvalue weighted by atomic mass is 9.94. The molecule has 3 aromatic rings.